The summed E-state index contributed by atoms with van der Waals surface area (Å²) in [4.78, 5) is 3.22. The number of hydrogen-bond donors (Lipinski definition) is 1. The monoisotopic (exact) mass is 286 g/mol. The predicted molar refractivity (Wildman–Crippen MR) is 82.0 cm³/mol. The van der Waals surface area contributed by atoms with Crippen molar-refractivity contribution in [3.8, 4) is 0 Å². The number of benzene rings is 2. The van der Waals surface area contributed by atoms with E-state index < -0.39 is 0 Å². The molecule has 1 N–H and O–H groups in total. The molecule has 0 amide bonds. The molecule has 0 unspecified atom stereocenters. The minimum absolute atomic E-state index is 0.193. The maximum atomic E-state index is 13.2. The van der Waals surface area contributed by atoms with E-state index in [1.54, 1.807) is 12.1 Å². The van der Waals surface area contributed by atoms with Crippen LogP contribution in [0.15, 0.2) is 42.5 Å². The van der Waals surface area contributed by atoms with Gasteiger partial charge in [-0.3, -0.25) is 0 Å². The Morgan fingerprint density at radius 3 is 2.80 bits per heavy atom. The lowest BCUT2D eigenvalue weighted by Crippen LogP contribution is -2.02. The van der Waals surface area contributed by atoms with E-state index in [4.69, 9.17) is 12.2 Å². The normalized spacial score (nSPS) is 11.1. The van der Waals surface area contributed by atoms with Crippen molar-refractivity contribution in [2.24, 2.45) is 0 Å². The molecule has 0 aliphatic heterocycles. The quantitative estimate of drug-likeness (QED) is 0.708. The van der Waals surface area contributed by atoms with E-state index in [2.05, 4.69) is 22.5 Å². The standard InChI is InChI=1S/C16H15FN2S/c1-11-4-2-7-14-15(11)19(16(20)18-14)9-8-12-5-3-6-13(17)10-12/h2-7,10H,8-9H2,1H3,(H,18,20). The summed E-state index contributed by atoms with van der Waals surface area (Å²) in [6, 6.07) is 12.8. The van der Waals surface area contributed by atoms with Crippen molar-refractivity contribution in [2.45, 2.75) is 19.9 Å². The van der Waals surface area contributed by atoms with Crippen LogP contribution in [0.5, 0.6) is 0 Å². The number of aromatic amines is 1. The summed E-state index contributed by atoms with van der Waals surface area (Å²) in [5.74, 6) is -0.193. The molecule has 3 aromatic rings. The number of H-pyrrole nitrogens is 1. The maximum absolute atomic E-state index is 13.2. The van der Waals surface area contributed by atoms with Crippen molar-refractivity contribution in [1.82, 2.24) is 9.55 Å². The fourth-order valence-electron chi connectivity index (χ4n) is 2.55. The molecule has 0 atom stereocenters. The van der Waals surface area contributed by atoms with Crippen LogP contribution in [0.4, 0.5) is 4.39 Å². The fraction of sp³-hybridized carbons (Fsp3) is 0.188. The van der Waals surface area contributed by atoms with Gasteiger partial charge in [-0.1, -0.05) is 24.3 Å². The third-order valence-electron chi connectivity index (χ3n) is 3.51. The minimum Gasteiger partial charge on any atom is -0.331 e. The first-order valence-corrected chi connectivity index (χ1v) is 6.98. The fourth-order valence-corrected chi connectivity index (χ4v) is 2.84. The summed E-state index contributed by atoms with van der Waals surface area (Å²) >= 11 is 5.39. The van der Waals surface area contributed by atoms with Crippen molar-refractivity contribution in [2.75, 3.05) is 0 Å². The van der Waals surface area contributed by atoms with Crippen LogP contribution in [0.25, 0.3) is 11.0 Å². The summed E-state index contributed by atoms with van der Waals surface area (Å²) in [6.07, 6.45) is 0.757. The first-order chi connectivity index (χ1) is 9.65. The number of nitrogens with zero attached hydrogens (tertiary/aromatic N) is 1. The van der Waals surface area contributed by atoms with Crippen LogP contribution in [0, 0.1) is 17.5 Å². The Balaban J connectivity index is 1.95. The summed E-state index contributed by atoms with van der Waals surface area (Å²) < 4.78 is 16.0. The predicted octanol–water partition coefficient (Wildman–Crippen LogP) is 4.39. The molecule has 0 aliphatic rings. The van der Waals surface area contributed by atoms with Gasteiger partial charge in [0.05, 0.1) is 11.0 Å². The molecule has 1 heterocycles. The largest absolute Gasteiger partial charge is 0.331 e. The van der Waals surface area contributed by atoms with Gasteiger partial charge in [0.2, 0.25) is 0 Å². The zero-order valence-corrected chi connectivity index (χ0v) is 12.0. The Morgan fingerprint density at radius 1 is 1.20 bits per heavy atom. The molecular weight excluding hydrogens is 271 g/mol. The molecule has 20 heavy (non-hydrogen) atoms. The van der Waals surface area contributed by atoms with Gasteiger partial charge in [-0.15, -0.1) is 0 Å². The maximum Gasteiger partial charge on any atom is 0.178 e. The molecule has 0 fully saturated rings. The van der Waals surface area contributed by atoms with E-state index in [-0.39, 0.29) is 5.82 Å². The first kappa shape index (κ1) is 13.1. The molecule has 0 saturated heterocycles. The number of para-hydroxylation sites is 1. The SMILES string of the molecule is Cc1cccc2[nH]c(=S)n(CCc3cccc(F)c3)c12. The van der Waals surface area contributed by atoms with Crippen LogP contribution in [0.2, 0.25) is 0 Å². The van der Waals surface area contributed by atoms with Crippen LogP contribution in [0.3, 0.4) is 0 Å². The van der Waals surface area contributed by atoms with Crippen molar-refractivity contribution >= 4 is 23.3 Å². The molecule has 3 rings (SSSR count). The van der Waals surface area contributed by atoms with Gasteiger partial charge in [0.25, 0.3) is 0 Å². The first-order valence-electron chi connectivity index (χ1n) is 6.58. The van der Waals surface area contributed by atoms with Crippen LogP contribution in [0.1, 0.15) is 11.1 Å². The van der Waals surface area contributed by atoms with E-state index in [0.717, 1.165) is 29.6 Å². The Bertz CT molecular complexity index is 817. The Labute approximate surface area is 121 Å². The number of hydrogen-bond acceptors (Lipinski definition) is 1. The highest BCUT2D eigenvalue weighted by Gasteiger charge is 2.07. The number of aromatic nitrogens is 2. The Kier molecular flexibility index (Phi) is 3.40. The molecule has 102 valence electrons. The van der Waals surface area contributed by atoms with Gasteiger partial charge in [-0.05, 0) is 54.9 Å². The van der Waals surface area contributed by atoms with Crippen LogP contribution in [-0.2, 0) is 13.0 Å². The number of halogens is 1. The minimum atomic E-state index is -0.193. The lowest BCUT2D eigenvalue weighted by Gasteiger charge is -2.07. The van der Waals surface area contributed by atoms with Gasteiger partial charge >= 0.3 is 0 Å². The van der Waals surface area contributed by atoms with Gasteiger partial charge in [-0.2, -0.15) is 0 Å². The lowest BCUT2D eigenvalue weighted by molar-refractivity contribution is 0.622. The third-order valence-corrected chi connectivity index (χ3v) is 3.83. The molecule has 0 saturated carbocycles. The second-order valence-corrected chi connectivity index (χ2v) is 5.32. The molecule has 2 nitrogen and oxygen atoms in total. The van der Waals surface area contributed by atoms with E-state index >= 15 is 0 Å². The average molecular weight is 286 g/mol. The molecule has 1 aromatic heterocycles. The smallest absolute Gasteiger partial charge is 0.178 e. The lowest BCUT2D eigenvalue weighted by atomic mass is 10.1. The van der Waals surface area contributed by atoms with Gasteiger partial charge < -0.3 is 9.55 Å². The van der Waals surface area contributed by atoms with Gasteiger partial charge in [0.1, 0.15) is 5.82 Å². The zero-order valence-electron chi connectivity index (χ0n) is 11.2. The highest BCUT2D eigenvalue weighted by molar-refractivity contribution is 7.71. The number of nitrogens with one attached hydrogen (secondary N) is 1. The highest BCUT2D eigenvalue weighted by Crippen LogP contribution is 2.19. The summed E-state index contributed by atoms with van der Waals surface area (Å²) in [6.45, 7) is 2.82. The number of aryl methyl sites for hydroxylation is 3. The zero-order chi connectivity index (χ0) is 14.1. The van der Waals surface area contributed by atoms with Crippen molar-refractivity contribution in [3.63, 3.8) is 0 Å². The Morgan fingerprint density at radius 2 is 2.00 bits per heavy atom. The molecule has 0 radical (unpaired) electrons. The van der Waals surface area contributed by atoms with E-state index in [1.165, 1.54) is 11.6 Å². The van der Waals surface area contributed by atoms with Crippen LogP contribution < -0.4 is 0 Å². The van der Waals surface area contributed by atoms with E-state index in [0.29, 0.717) is 4.77 Å². The van der Waals surface area contributed by atoms with Gasteiger partial charge in [0.15, 0.2) is 4.77 Å². The van der Waals surface area contributed by atoms with Crippen LogP contribution in [-0.4, -0.2) is 9.55 Å². The second-order valence-electron chi connectivity index (χ2n) is 4.93. The van der Waals surface area contributed by atoms with Gasteiger partial charge in [-0.25, -0.2) is 4.39 Å². The van der Waals surface area contributed by atoms with E-state index in [9.17, 15) is 4.39 Å². The number of imidazole rings is 1. The second kappa shape index (κ2) is 5.21. The topological polar surface area (TPSA) is 20.7 Å². The molecule has 0 bridgehead atoms. The molecule has 0 spiro atoms. The highest BCUT2D eigenvalue weighted by atomic mass is 32.1. The molecular formula is C16H15FN2S. The third kappa shape index (κ3) is 2.39. The van der Waals surface area contributed by atoms with E-state index in [1.807, 2.05) is 18.2 Å². The number of rotatable bonds is 3. The summed E-state index contributed by atoms with van der Waals surface area (Å²) in [5.41, 5.74) is 4.35. The summed E-state index contributed by atoms with van der Waals surface area (Å²) in [5, 5.41) is 0. The average Bonchev–Trinajstić information content (AvgIpc) is 2.74. The molecule has 4 heteroatoms. The van der Waals surface area contributed by atoms with Crippen LogP contribution >= 0.6 is 12.2 Å². The molecule has 0 aliphatic carbocycles. The van der Waals surface area contributed by atoms with Crippen molar-refractivity contribution < 1.29 is 4.39 Å². The summed E-state index contributed by atoms with van der Waals surface area (Å²) in [7, 11) is 0. The van der Waals surface area contributed by atoms with Gasteiger partial charge in [0, 0.05) is 6.54 Å². The molecule has 2 aromatic carbocycles. The van der Waals surface area contributed by atoms with Crippen molar-refractivity contribution in [1.29, 1.82) is 0 Å². The Hall–Kier alpha value is -1.94. The van der Waals surface area contributed by atoms with Crippen molar-refractivity contribution in [3.05, 3.63) is 64.2 Å². The number of fused-ring (bicyclic) bond motifs is 1.